The molecule has 2 saturated carbocycles. The Hall–Kier alpha value is -1.12. The number of methoxy groups -OCH3 is 1. The highest BCUT2D eigenvalue weighted by atomic mass is 16.7. The highest BCUT2D eigenvalue weighted by Crippen LogP contribution is 2.69. The monoisotopic (exact) mass is 321 g/mol. The largest absolute Gasteiger partial charge is 0.469 e. The van der Waals surface area contributed by atoms with Gasteiger partial charge in [-0.15, -0.1) is 0 Å². The molecule has 0 N–H and O–H groups in total. The number of carbonyl (C=O) groups excluding carboxylic acids is 1. The first-order valence-corrected chi connectivity index (χ1v) is 8.63. The highest BCUT2D eigenvalue weighted by molar-refractivity contribution is 5.73. The van der Waals surface area contributed by atoms with Crippen molar-refractivity contribution in [3.05, 3.63) is 0 Å². The molecule has 23 heavy (non-hydrogen) atoms. The third kappa shape index (κ3) is 2.08. The number of hydrogen-bond acceptors (Lipinski definition) is 5. The van der Waals surface area contributed by atoms with E-state index in [2.05, 4.69) is 13.0 Å². The van der Waals surface area contributed by atoms with E-state index in [1.807, 2.05) is 13.8 Å². The van der Waals surface area contributed by atoms with Gasteiger partial charge in [0.1, 0.15) is 0 Å². The van der Waals surface area contributed by atoms with E-state index < -0.39 is 11.2 Å². The zero-order valence-corrected chi connectivity index (χ0v) is 14.6. The maximum absolute atomic E-state index is 12.3. The smallest absolute Gasteiger partial charge is 0.308 e. The molecular weight excluding hydrogens is 294 g/mol. The van der Waals surface area contributed by atoms with E-state index in [1.165, 1.54) is 7.11 Å². The molecule has 5 nitrogen and oxygen atoms in total. The van der Waals surface area contributed by atoms with E-state index in [0.29, 0.717) is 13.2 Å². The van der Waals surface area contributed by atoms with Gasteiger partial charge in [0, 0.05) is 12.3 Å². The lowest BCUT2D eigenvalue weighted by atomic mass is 9.49. The molecule has 5 heteroatoms. The highest BCUT2D eigenvalue weighted by Gasteiger charge is 2.71. The van der Waals surface area contributed by atoms with Gasteiger partial charge in [-0.25, -0.2) is 0 Å². The van der Waals surface area contributed by atoms with Gasteiger partial charge in [-0.3, -0.25) is 4.79 Å². The number of rotatable bonds is 2. The van der Waals surface area contributed by atoms with Crippen molar-refractivity contribution in [1.82, 2.24) is 0 Å². The van der Waals surface area contributed by atoms with Crippen LogP contribution in [0.1, 0.15) is 46.5 Å². The lowest BCUT2D eigenvalue weighted by Gasteiger charge is -2.55. The van der Waals surface area contributed by atoms with E-state index in [0.717, 1.165) is 25.7 Å². The Balaban J connectivity index is 2.11. The summed E-state index contributed by atoms with van der Waals surface area (Å²) in [6.07, 6.45) is 3.46. The van der Waals surface area contributed by atoms with Gasteiger partial charge in [-0.2, -0.15) is 5.26 Å². The molecule has 5 atom stereocenters. The third-order valence-electron chi connectivity index (χ3n) is 7.05. The van der Waals surface area contributed by atoms with E-state index in [4.69, 9.17) is 14.2 Å². The van der Waals surface area contributed by atoms with Gasteiger partial charge in [0.25, 0.3) is 0 Å². The Morgan fingerprint density at radius 1 is 1.30 bits per heavy atom. The fourth-order valence-electron chi connectivity index (χ4n) is 5.58. The molecule has 1 spiro atoms. The normalized spacial score (nSPS) is 42.9. The maximum Gasteiger partial charge on any atom is 0.308 e. The molecule has 3 rings (SSSR count). The average molecular weight is 321 g/mol. The summed E-state index contributed by atoms with van der Waals surface area (Å²) in [4.78, 5) is 12.3. The van der Waals surface area contributed by atoms with Crippen LogP contribution in [-0.2, 0) is 19.0 Å². The van der Waals surface area contributed by atoms with Gasteiger partial charge in [-0.1, -0.05) is 13.8 Å². The first-order valence-electron chi connectivity index (χ1n) is 8.63. The summed E-state index contributed by atoms with van der Waals surface area (Å²) in [7, 11) is 1.44. The number of nitriles is 1. The molecule has 0 aromatic rings. The van der Waals surface area contributed by atoms with Crippen LogP contribution in [0.5, 0.6) is 0 Å². The van der Waals surface area contributed by atoms with Crippen LogP contribution in [0.25, 0.3) is 0 Å². The first kappa shape index (κ1) is 16.7. The summed E-state index contributed by atoms with van der Waals surface area (Å²) in [5.41, 5.74) is -0.851. The van der Waals surface area contributed by atoms with E-state index in [-0.39, 0.29) is 29.1 Å². The molecule has 2 unspecified atom stereocenters. The van der Waals surface area contributed by atoms with Crippen molar-refractivity contribution in [2.45, 2.75) is 52.2 Å². The molecule has 1 heterocycles. The van der Waals surface area contributed by atoms with E-state index >= 15 is 0 Å². The fraction of sp³-hybridized carbons (Fsp3) is 0.889. The molecule has 2 aliphatic carbocycles. The van der Waals surface area contributed by atoms with Crippen LogP contribution < -0.4 is 0 Å². The van der Waals surface area contributed by atoms with Crippen LogP contribution in [0.15, 0.2) is 0 Å². The molecule has 0 bridgehead atoms. The lowest BCUT2D eigenvalue weighted by Crippen LogP contribution is -2.57. The number of esters is 1. The Morgan fingerprint density at radius 2 is 1.96 bits per heavy atom. The number of ether oxygens (including phenoxy) is 3. The fourth-order valence-corrected chi connectivity index (χ4v) is 5.58. The van der Waals surface area contributed by atoms with Gasteiger partial charge in [-0.05, 0) is 37.5 Å². The third-order valence-corrected chi connectivity index (χ3v) is 7.05. The summed E-state index contributed by atoms with van der Waals surface area (Å²) >= 11 is 0. The minimum Gasteiger partial charge on any atom is -0.469 e. The summed E-state index contributed by atoms with van der Waals surface area (Å²) in [6, 6.07) is 2.58. The van der Waals surface area contributed by atoms with Gasteiger partial charge in [0.05, 0.1) is 37.7 Å². The topological polar surface area (TPSA) is 68.6 Å². The zero-order chi connectivity index (χ0) is 16.9. The average Bonchev–Trinajstić information content (AvgIpc) is 3.17. The molecule has 0 aromatic heterocycles. The van der Waals surface area contributed by atoms with Gasteiger partial charge in [0.15, 0.2) is 5.79 Å². The Labute approximate surface area is 138 Å². The molecule has 1 saturated heterocycles. The second kappa shape index (κ2) is 5.46. The quantitative estimate of drug-likeness (QED) is 0.732. The van der Waals surface area contributed by atoms with Crippen LogP contribution in [0, 0.1) is 39.9 Å². The summed E-state index contributed by atoms with van der Waals surface area (Å²) in [5, 5.41) is 10.0. The number of hydrogen-bond donors (Lipinski definition) is 0. The van der Waals surface area contributed by atoms with Crippen LogP contribution in [0.3, 0.4) is 0 Å². The lowest BCUT2D eigenvalue weighted by molar-refractivity contribution is -0.237. The number of carbonyl (C=O) groups is 1. The second-order valence-electron chi connectivity index (χ2n) is 7.75. The van der Waals surface area contributed by atoms with Crippen molar-refractivity contribution < 1.29 is 19.0 Å². The van der Waals surface area contributed by atoms with Gasteiger partial charge < -0.3 is 14.2 Å². The minimum absolute atomic E-state index is 0.104. The SMILES string of the molecule is COC(=O)[C@H](C)C12CC[C@@H](C)[C@@](C)(C#N)C1C1(CC2)OCCO1. The van der Waals surface area contributed by atoms with Crippen LogP contribution in [0.2, 0.25) is 0 Å². The molecule has 3 aliphatic rings. The number of fused-ring (bicyclic) bond motifs is 2. The van der Waals surface area contributed by atoms with Crippen molar-refractivity contribution in [3.8, 4) is 6.07 Å². The predicted octanol–water partition coefficient (Wildman–Crippen LogP) is 2.89. The summed E-state index contributed by atoms with van der Waals surface area (Å²) in [5.74, 6) is -1.02. The van der Waals surface area contributed by atoms with E-state index in [1.54, 1.807) is 0 Å². The van der Waals surface area contributed by atoms with E-state index in [9.17, 15) is 10.1 Å². The van der Waals surface area contributed by atoms with Crippen LogP contribution >= 0.6 is 0 Å². The number of nitrogens with zero attached hydrogens (tertiary/aromatic N) is 1. The maximum atomic E-state index is 12.3. The summed E-state index contributed by atoms with van der Waals surface area (Å²) in [6.45, 7) is 7.24. The van der Waals surface area contributed by atoms with Crippen molar-refractivity contribution in [2.24, 2.45) is 28.6 Å². The molecule has 1 aliphatic heterocycles. The Morgan fingerprint density at radius 3 is 2.52 bits per heavy atom. The minimum atomic E-state index is -0.707. The molecule has 128 valence electrons. The molecule has 3 fully saturated rings. The van der Waals surface area contributed by atoms with Gasteiger partial charge in [0.2, 0.25) is 0 Å². The van der Waals surface area contributed by atoms with Crippen LogP contribution in [0.4, 0.5) is 0 Å². The molecule has 0 amide bonds. The van der Waals surface area contributed by atoms with Crippen molar-refractivity contribution in [1.29, 1.82) is 5.26 Å². The van der Waals surface area contributed by atoms with Crippen molar-refractivity contribution in [3.63, 3.8) is 0 Å². The molecule has 0 radical (unpaired) electrons. The zero-order valence-electron chi connectivity index (χ0n) is 14.6. The van der Waals surface area contributed by atoms with Crippen molar-refractivity contribution in [2.75, 3.05) is 20.3 Å². The first-order chi connectivity index (χ1) is 10.9. The molecule has 0 aromatic carbocycles. The van der Waals surface area contributed by atoms with Gasteiger partial charge >= 0.3 is 5.97 Å². The predicted molar refractivity (Wildman–Crippen MR) is 83.1 cm³/mol. The Bertz CT molecular complexity index is 536. The second-order valence-corrected chi connectivity index (χ2v) is 7.75. The molecular formula is C18H27NO4. The van der Waals surface area contributed by atoms with Crippen LogP contribution in [-0.4, -0.2) is 32.1 Å². The van der Waals surface area contributed by atoms with Crippen molar-refractivity contribution >= 4 is 5.97 Å². The Kier molecular flexibility index (Phi) is 3.97. The summed E-state index contributed by atoms with van der Waals surface area (Å²) < 4.78 is 17.2. The standard InChI is InChI=1S/C18H27NO4/c1-12-5-6-17(13(2)14(20)21-4)7-8-18(22-9-10-23-18)15(17)16(12,3)11-19/h12-13,15H,5-10H2,1-4H3/t12-,13+,15?,16-,17?/m1/s1.